The minimum atomic E-state index is 0.183. The van der Waals surface area contributed by atoms with Crippen molar-refractivity contribution in [3.8, 4) is 0 Å². The predicted molar refractivity (Wildman–Crippen MR) is 73.7 cm³/mol. The van der Waals surface area contributed by atoms with E-state index in [4.69, 9.17) is 0 Å². The van der Waals surface area contributed by atoms with Gasteiger partial charge in [0, 0.05) is 36.4 Å². The zero-order valence-corrected chi connectivity index (χ0v) is 11.1. The lowest BCUT2D eigenvalue weighted by molar-refractivity contribution is 0.408. The van der Waals surface area contributed by atoms with Gasteiger partial charge in [-0.1, -0.05) is 6.07 Å². The summed E-state index contributed by atoms with van der Waals surface area (Å²) in [4.78, 5) is 13.2. The quantitative estimate of drug-likeness (QED) is 0.912. The minimum Gasteiger partial charge on any atom is -0.311 e. The first-order valence-corrected chi connectivity index (χ1v) is 6.77. The Morgan fingerprint density at radius 2 is 2.21 bits per heavy atom. The molecule has 0 amide bonds. The highest BCUT2D eigenvalue weighted by Gasteiger charge is 2.29. The summed E-state index contributed by atoms with van der Waals surface area (Å²) in [5, 5.41) is 3.39. The number of rotatable bonds is 3. The molecule has 2 atom stereocenters. The van der Waals surface area contributed by atoms with Gasteiger partial charge < -0.3 is 5.32 Å². The summed E-state index contributed by atoms with van der Waals surface area (Å²) in [6.45, 7) is 0. The Morgan fingerprint density at radius 3 is 3.00 bits per heavy atom. The van der Waals surface area contributed by atoms with Crippen LogP contribution in [-0.2, 0) is 6.42 Å². The summed E-state index contributed by atoms with van der Waals surface area (Å²) in [6.07, 6.45) is 10.7. The number of fused-ring (bicyclic) bond motifs is 1. The number of hydrogen-bond acceptors (Lipinski definition) is 4. The fourth-order valence-corrected chi connectivity index (χ4v) is 3.00. The first-order valence-electron chi connectivity index (χ1n) is 6.77. The number of likely N-dealkylation sites (N-methyl/N-ethyl adjacent to an activating group) is 1. The van der Waals surface area contributed by atoms with Gasteiger partial charge in [0.15, 0.2) is 0 Å². The fraction of sp³-hybridized carbons (Fsp3) is 0.400. The summed E-state index contributed by atoms with van der Waals surface area (Å²) in [5.74, 6) is 0.381. The van der Waals surface area contributed by atoms with Gasteiger partial charge in [-0.25, -0.2) is 0 Å². The lowest BCUT2D eigenvalue weighted by atomic mass is 9.81. The van der Waals surface area contributed by atoms with Crippen LogP contribution in [0.2, 0.25) is 0 Å². The number of aromatic nitrogens is 3. The molecule has 4 nitrogen and oxygen atoms in total. The second-order valence-electron chi connectivity index (χ2n) is 4.94. The van der Waals surface area contributed by atoms with Gasteiger partial charge in [-0.2, -0.15) is 0 Å². The number of nitrogens with zero attached hydrogens (tertiary/aromatic N) is 3. The number of nitrogens with one attached hydrogen (secondary N) is 1. The molecule has 4 heteroatoms. The van der Waals surface area contributed by atoms with Crippen LogP contribution in [0, 0.1) is 0 Å². The highest BCUT2D eigenvalue weighted by molar-refractivity contribution is 5.29. The number of hydrogen-bond donors (Lipinski definition) is 1. The van der Waals surface area contributed by atoms with Crippen molar-refractivity contribution in [2.45, 2.75) is 31.2 Å². The lowest BCUT2D eigenvalue weighted by Gasteiger charge is -2.30. The van der Waals surface area contributed by atoms with E-state index in [1.54, 1.807) is 12.4 Å². The smallest absolute Gasteiger partial charge is 0.0762 e. The predicted octanol–water partition coefficient (Wildman–Crippen LogP) is 2.25. The van der Waals surface area contributed by atoms with E-state index >= 15 is 0 Å². The van der Waals surface area contributed by atoms with Crippen LogP contribution < -0.4 is 5.32 Å². The van der Waals surface area contributed by atoms with Crippen molar-refractivity contribution in [1.82, 2.24) is 20.3 Å². The summed E-state index contributed by atoms with van der Waals surface area (Å²) in [5.41, 5.74) is 3.59. The van der Waals surface area contributed by atoms with E-state index in [1.807, 2.05) is 25.5 Å². The van der Waals surface area contributed by atoms with Gasteiger partial charge in [0.25, 0.3) is 0 Å². The molecule has 2 heterocycles. The average molecular weight is 254 g/mol. The molecular weight excluding hydrogens is 236 g/mol. The van der Waals surface area contributed by atoms with E-state index in [1.165, 1.54) is 17.7 Å². The van der Waals surface area contributed by atoms with Gasteiger partial charge >= 0.3 is 0 Å². The second-order valence-corrected chi connectivity index (χ2v) is 4.94. The van der Waals surface area contributed by atoms with E-state index < -0.39 is 0 Å². The lowest BCUT2D eigenvalue weighted by Crippen LogP contribution is -2.28. The monoisotopic (exact) mass is 254 g/mol. The van der Waals surface area contributed by atoms with Gasteiger partial charge in [0.05, 0.1) is 11.7 Å². The Kier molecular flexibility index (Phi) is 3.51. The Morgan fingerprint density at radius 1 is 1.26 bits per heavy atom. The van der Waals surface area contributed by atoms with Crippen molar-refractivity contribution >= 4 is 0 Å². The van der Waals surface area contributed by atoms with Crippen LogP contribution in [0.25, 0.3) is 0 Å². The van der Waals surface area contributed by atoms with Crippen LogP contribution in [0.5, 0.6) is 0 Å². The van der Waals surface area contributed by atoms with Gasteiger partial charge in [-0.15, -0.1) is 0 Å². The molecule has 0 spiro atoms. The third kappa shape index (κ3) is 2.36. The summed E-state index contributed by atoms with van der Waals surface area (Å²) in [6, 6.07) is 4.40. The molecule has 1 aliphatic carbocycles. The SMILES string of the molecule is CNC(c1cnccn1)C1CCCc2cccnc21. The number of aryl methyl sites for hydroxylation is 1. The zero-order valence-electron chi connectivity index (χ0n) is 11.1. The van der Waals surface area contributed by atoms with Crippen LogP contribution >= 0.6 is 0 Å². The van der Waals surface area contributed by atoms with Gasteiger partial charge in [0.2, 0.25) is 0 Å². The summed E-state index contributed by atoms with van der Waals surface area (Å²) in [7, 11) is 1.98. The molecule has 19 heavy (non-hydrogen) atoms. The fourth-order valence-electron chi connectivity index (χ4n) is 3.00. The Bertz CT molecular complexity index is 541. The van der Waals surface area contributed by atoms with E-state index in [9.17, 15) is 0 Å². The highest BCUT2D eigenvalue weighted by atomic mass is 14.9. The highest BCUT2D eigenvalue weighted by Crippen LogP contribution is 2.38. The molecule has 0 fully saturated rings. The molecule has 2 aromatic heterocycles. The van der Waals surface area contributed by atoms with Crippen molar-refractivity contribution < 1.29 is 0 Å². The molecule has 0 radical (unpaired) electrons. The van der Waals surface area contributed by atoms with Crippen LogP contribution in [0.4, 0.5) is 0 Å². The molecule has 98 valence electrons. The van der Waals surface area contributed by atoms with Crippen LogP contribution in [-0.4, -0.2) is 22.0 Å². The third-order valence-electron chi connectivity index (χ3n) is 3.85. The van der Waals surface area contributed by atoms with E-state index in [2.05, 4.69) is 26.3 Å². The molecule has 0 saturated carbocycles. The molecule has 3 rings (SSSR count). The molecule has 0 bridgehead atoms. The first-order chi connectivity index (χ1) is 9.40. The molecule has 1 aliphatic rings. The first kappa shape index (κ1) is 12.2. The topological polar surface area (TPSA) is 50.7 Å². The van der Waals surface area contributed by atoms with Crippen molar-refractivity contribution in [1.29, 1.82) is 0 Å². The van der Waals surface area contributed by atoms with Crippen molar-refractivity contribution in [3.05, 3.63) is 53.9 Å². The summed E-state index contributed by atoms with van der Waals surface area (Å²) >= 11 is 0. The Hall–Kier alpha value is -1.81. The van der Waals surface area contributed by atoms with Crippen molar-refractivity contribution in [2.24, 2.45) is 0 Å². The maximum absolute atomic E-state index is 4.61. The maximum Gasteiger partial charge on any atom is 0.0762 e. The van der Waals surface area contributed by atoms with Crippen molar-refractivity contribution in [3.63, 3.8) is 0 Å². The molecule has 0 saturated heterocycles. The molecule has 1 N–H and O–H groups in total. The van der Waals surface area contributed by atoms with E-state index in [0.29, 0.717) is 5.92 Å². The second kappa shape index (κ2) is 5.45. The standard InChI is InChI=1S/C15H18N4/c1-16-15(13-10-17-8-9-18-13)12-6-2-4-11-5-3-7-19-14(11)12/h3,5,7-10,12,15-16H,2,4,6H2,1H3. The molecular formula is C15H18N4. The Balaban J connectivity index is 1.97. The van der Waals surface area contributed by atoms with Crippen LogP contribution in [0.3, 0.4) is 0 Å². The van der Waals surface area contributed by atoms with Crippen molar-refractivity contribution in [2.75, 3.05) is 7.05 Å². The third-order valence-corrected chi connectivity index (χ3v) is 3.85. The van der Waals surface area contributed by atoms with Crippen LogP contribution in [0.15, 0.2) is 36.9 Å². The average Bonchev–Trinajstić information content (AvgIpc) is 2.49. The Labute approximate surface area is 113 Å². The van der Waals surface area contributed by atoms with E-state index in [-0.39, 0.29) is 6.04 Å². The largest absolute Gasteiger partial charge is 0.311 e. The van der Waals surface area contributed by atoms with Gasteiger partial charge in [0.1, 0.15) is 0 Å². The molecule has 0 aromatic carbocycles. The minimum absolute atomic E-state index is 0.183. The molecule has 2 aromatic rings. The normalized spacial score (nSPS) is 19.7. The van der Waals surface area contributed by atoms with E-state index in [0.717, 1.165) is 18.5 Å². The van der Waals surface area contributed by atoms with Gasteiger partial charge in [-0.05, 0) is 37.9 Å². The van der Waals surface area contributed by atoms with Gasteiger partial charge in [-0.3, -0.25) is 15.0 Å². The maximum atomic E-state index is 4.61. The van der Waals surface area contributed by atoms with Crippen LogP contribution in [0.1, 0.15) is 41.8 Å². The molecule has 2 unspecified atom stereocenters. The summed E-state index contributed by atoms with van der Waals surface area (Å²) < 4.78 is 0. The zero-order chi connectivity index (χ0) is 13.1. The molecule has 0 aliphatic heterocycles. The number of pyridine rings is 1.